The molecule has 0 aromatic rings. The van der Waals surface area contributed by atoms with E-state index >= 15 is 0 Å². The molecule has 0 radical (unpaired) electrons. The molecule has 0 aromatic carbocycles. The first kappa shape index (κ1) is 18.4. The molecule has 23 heavy (non-hydrogen) atoms. The Bertz CT molecular complexity index is 405. The summed E-state index contributed by atoms with van der Waals surface area (Å²) in [4.78, 5) is 13.2. The average molecular weight is 332 g/mol. The third kappa shape index (κ3) is 5.90. The van der Waals surface area contributed by atoms with Gasteiger partial charge in [-0.15, -0.1) is 0 Å². The van der Waals surface area contributed by atoms with Gasteiger partial charge in [0, 0.05) is 32.5 Å². The van der Waals surface area contributed by atoms with Gasteiger partial charge < -0.3 is 15.4 Å². The molecule has 1 heterocycles. The van der Waals surface area contributed by atoms with Gasteiger partial charge in [-0.3, -0.25) is 0 Å². The Morgan fingerprint density at radius 3 is 2.35 bits per heavy atom. The minimum Gasteiger partial charge on any atom is -0.444 e. The van der Waals surface area contributed by atoms with Crippen molar-refractivity contribution >= 4 is 6.09 Å². The topological polar surface area (TPSA) is 55.6 Å². The van der Waals surface area contributed by atoms with Crippen molar-refractivity contribution in [3.8, 4) is 0 Å². The molecule has 2 rings (SSSR count). The molecule has 2 fully saturated rings. The number of rotatable bonds is 5. The predicted molar refractivity (Wildman–Crippen MR) is 85.4 cm³/mol. The number of carbonyl (C=O) groups excluding carboxylic acids is 1. The van der Waals surface area contributed by atoms with Gasteiger partial charge in [0.05, 0.1) is 0 Å². The fourth-order valence-corrected chi connectivity index (χ4v) is 4.13. The van der Waals surface area contributed by atoms with E-state index in [1.165, 1.54) is 12.8 Å². The molecule has 1 amide bonds. The minimum absolute atomic E-state index is 0.0271. The monoisotopic (exact) mass is 332 g/mol. The molecule has 2 atom stereocenters. The van der Waals surface area contributed by atoms with Crippen molar-refractivity contribution in [3.63, 3.8) is 0 Å². The Morgan fingerprint density at radius 2 is 1.78 bits per heavy atom. The van der Waals surface area contributed by atoms with E-state index < -0.39 is 17.6 Å². The highest BCUT2D eigenvalue weighted by Gasteiger charge is 2.37. The highest BCUT2D eigenvalue weighted by molar-refractivity contribution is 5.65. The van der Waals surface area contributed by atoms with Crippen LogP contribution in [0.1, 0.15) is 58.8 Å². The molecule has 2 N–H and O–H groups in total. The Morgan fingerprint density at radius 1 is 1.22 bits per heavy atom. The number of hydrogen-bond acceptors (Lipinski definition) is 3. The van der Waals surface area contributed by atoms with Gasteiger partial charge in [0.2, 0.25) is 0 Å². The van der Waals surface area contributed by atoms with Crippen molar-refractivity contribution < 1.29 is 18.3 Å². The van der Waals surface area contributed by atoms with E-state index in [0.29, 0.717) is 24.9 Å². The number of amides is 1. The van der Waals surface area contributed by atoms with E-state index in [-0.39, 0.29) is 12.8 Å². The molecule has 134 valence electrons. The second-order valence-corrected chi connectivity index (χ2v) is 7.85. The number of ether oxygens (including phenoxy) is 1. The number of hydrogen-bond donors (Lipinski definition) is 1. The number of piperidine rings is 1. The summed E-state index contributed by atoms with van der Waals surface area (Å²) in [6.45, 7) is 5.64. The Hall–Kier alpha value is -0.910. The van der Waals surface area contributed by atoms with Crippen LogP contribution in [-0.2, 0) is 4.74 Å². The second kappa shape index (κ2) is 7.32. The molecule has 1 aliphatic heterocycles. The Labute approximate surface area is 137 Å². The zero-order valence-corrected chi connectivity index (χ0v) is 14.3. The summed E-state index contributed by atoms with van der Waals surface area (Å²) in [5, 5.41) is 0. The summed E-state index contributed by atoms with van der Waals surface area (Å²) in [5.41, 5.74) is 4.58. The molecule has 0 aromatic heterocycles. The maximum atomic E-state index is 13.3. The van der Waals surface area contributed by atoms with Gasteiger partial charge in [-0.1, -0.05) is 12.8 Å². The number of likely N-dealkylation sites (tertiary alicyclic amines) is 1. The van der Waals surface area contributed by atoms with E-state index in [2.05, 4.69) is 4.90 Å². The number of carbonyl (C=O) groups is 1. The quantitative estimate of drug-likeness (QED) is 0.833. The van der Waals surface area contributed by atoms with Crippen molar-refractivity contribution in [1.82, 2.24) is 4.90 Å². The standard InChI is InChI=1S/C17H30F2N2O2/c1-16(2,23-15(20)22)11-13-5-3-4-6-14(13)12-21-9-7-17(18,19)8-10-21/h13-14H,3-12H2,1-2H3,(H2,20,22)/t13-,14-/m0/s1. The lowest BCUT2D eigenvalue weighted by Crippen LogP contribution is -2.44. The third-order valence-electron chi connectivity index (χ3n) is 5.28. The van der Waals surface area contributed by atoms with Gasteiger partial charge in [-0.25, -0.2) is 13.6 Å². The van der Waals surface area contributed by atoms with Crippen LogP contribution in [0.5, 0.6) is 0 Å². The lowest BCUT2D eigenvalue weighted by atomic mass is 9.74. The van der Waals surface area contributed by atoms with Gasteiger partial charge in [0.1, 0.15) is 5.60 Å². The van der Waals surface area contributed by atoms with Crippen LogP contribution in [0.15, 0.2) is 0 Å². The summed E-state index contributed by atoms with van der Waals surface area (Å²) < 4.78 is 31.8. The molecule has 4 nitrogen and oxygen atoms in total. The van der Waals surface area contributed by atoms with Gasteiger partial charge in [-0.05, 0) is 44.9 Å². The maximum Gasteiger partial charge on any atom is 0.405 e. The van der Waals surface area contributed by atoms with Crippen molar-refractivity contribution in [2.75, 3.05) is 19.6 Å². The van der Waals surface area contributed by atoms with Crippen molar-refractivity contribution in [1.29, 1.82) is 0 Å². The molecule has 6 heteroatoms. The Balaban J connectivity index is 1.89. The predicted octanol–water partition coefficient (Wildman–Crippen LogP) is 3.79. The molecule has 0 unspecified atom stereocenters. The number of nitrogens with two attached hydrogens (primary N) is 1. The number of nitrogens with zero attached hydrogens (tertiary/aromatic N) is 1. The normalized spacial score (nSPS) is 29.2. The highest BCUT2D eigenvalue weighted by atomic mass is 19.3. The fraction of sp³-hybridized carbons (Fsp3) is 0.941. The van der Waals surface area contributed by atoms with Crippen molar-refractivity contribution in [2.24, 2.45) is 17.6 Å². The second-order valence-electron chi connectivity index (χ2n) is 7.85. The Kier molecular flexibility index (Phi) is 5.87. The van der Waals surface area contributed by atoms with Crippen LogP contribution in [0.25, 0.3) is 0 Å². The molecule has 1 aliphatic carbocycles. The molecule has 0 spiro atoms. The first-order valence-corrected chi connectivity index (χ1v) is 8.75. The smallest absolute Gasteiger partial charge is 0.405 e. The van der Waals surface area contributed by atoms with E-state index in [9.17, 15) is 13.6 Å². The number of primary amides is 1. The first-order valence-electron chi connectivity index (χ1n) is 8.75. The van der Waals surface area contributed by atoms with Crippen LogP contribution < -0.4 is 5.73 Å². The van der Waals surface area contributed by atoms with Crippen molar-refractivity contribution in [2.45, 2.75) is 70.3 Å². The SMILES string of the molecule is CC(C)(C[C@@H]1CCCC[C@H]1CN1CCC(F)(F)CC1)OC(N)=O. The van der Waals surface area contributed by atoms with E-state index in [1.807, 2.05) is 13.8 Å². The van der Waals surface area contributed by atoms with Crippen LogP contribution in [-0.4, -0.2) is 42.2 Å². The average Bonchev–Trinajstić information content (AvgIpc) is 2.41. The first-order chi connectivity index (χ1) is 10.7. The summed E-state index contributed by atoms with van der Waals surface area (Å²) in [5.74, 6) is -1.54. The summed E-state index contributed by atoms with van der Waals surface area (Å²) >= 11 is 0. The lowest BCUT2D eigenvalue weighted by Gasteiger charge is -2.40. The van der Waals surface area contributed by atoms with E-state index in [0.717, 1.165) is 25.8 Å². The summed E-state index contributed by atoms with van der Waals surface area (Å²) in [6, 6.07) is 0. The highest BCUT2D eigenvalue weighted by Crippen LogP contribution is 2.38. The van der Waals surface area contributed by atoms with Crippen LogP contribution in [0.3, 0.4) is 0 Å². The van der Waals surface area contributed by atoms with Crippen LogP contribution in [0, 0.1) is 11.8 Å². The summed E-state index contributed by atoms with van der Waals surface area (Å²) in [7, 11) is 0. The zero-order valence-electron chi connectivity index (χ0n) is 14.3. The molecular formula is C17H30F2N2O2. The van der Waals surface area contributed by atoms with Gasteiger partial charge in [0.25, 0.3) is 5.92 Å². The third-order valence-corrected chi connectivity index (χ3v) is 5.28. The van der Waals surface area contributed by atoms with Crippen LogP contribution in [0.4, 0.5) is 13.6 Å². The summed E-state index contributed by atoms with van der Waals surface area (Å²) in [6.07, 6.45) is 4.62. The van der Waals surface area contributed by atoms with Crippen LogP contribution in [0.2, 0.25) is 0 Å². The maximum absolute atomic E-state index is 13.3. The number of halogens is 2. The van der Waals surface area contributed by atoms with Crippen LogP contribution >= 0.6 is 0 Å². The fourth-order valence-electron chi connectivity index (χ4n) is 4.13. The van der Waals surface area contributed by atoms with Gasteiger partial charge in [0.15, 0.2) is 0 Å². The van der Waals surface area contributed by atoms with Gasteiger partial charge in [-0.2, -0.15) is 0 Å². The van der Waals surface area contributed by atoms with Crippen molar-refractivity contribution in [3.05, 3.63) is 0 Å². The lowest BCUT2D eigenvalue weighted by molar-refractivity contribution is -0.0611. The van der Waals surface area contributed by atoms with E-state index in [4.69, 9.17) is 10.5 Å². The van der Waals surface area contributed by atoms with Gasteiger partial charge >= 0.3 is 6.09 Å². The largest absolute Gasteiger partial charge is 0.444 e. The molecule has 2 aliphatic rings. The number of alkyl halides is 2. The molecule has 0 bridgehead atoms. The molecule has 1 saturated heterocycles. The molecular weight excluding hydrogens is 302 g/mol. The van der Waals surface area contributed by atoms with E-state index in [1.54, 1.807) is 0 Å². The molecule has 1 saturated carbocycles. The zero-order chi connectivity index (χ0) is 17.1. The minimum atomic E-state index is -2.49.